The average molecular weight is 536 g/mol. The van der Waals surface area contributed by atoms with E-state index in [2.05, 4.69) is 107 Å². The van der Waals surface area contributed by atoms with Gasteiger partial charge >= 0.3 is 7.94 Å². The Morgan fingerprint density at radius 3 is 1.18 bits per heavy atom. The number of hydrogen-bond donors (Lipinski definition) is 1. The lowest BCUT2D eigenvalue weighted by Gasteiger charge is -2.29. The first kappa shape index (κ1) is 30.2. The van der Waals surface area contributed by atoms with Gasteiger partial charge in [0.1, 0.15) is 0 Å². The van der Waals surface area contributed by atoms with E-state index in [0.717, 1.165) is 11.1 Å². The van der Waals surface area contributed by atoms with Gasteiger partial charge in [-0.05, 0) is 57.1 Å². The van der Waals surface area contributed by atoms with E-state index in [9.17, 15) is 4.89 Å². The summed E-state index contributed by atoms with van der Waals surface area (Å²) in [6.07, 6.45) is 0. The Morgan fingerprint density at radius 2 is 0.868 bits per heavy atom. The fraction of sp³-hybridized carbons (Fsp3) is 0.471. The third-order valence-electron chi connectivity index (χ3n) is 6.83. The molecule has 0 atom stereocenters. The van der Waals surface area contributed by atoms with Crippen molar-refractivity contribution in [3.05, 3.63) is 89.0 Å². The molecule has 0 bridgehead atoms. The highest BCUT2D eigenvalue weighted by molar-refractivity contribution is 7.69. The van der Waals surface area contributed by atoms with Gasteiger partial charge in [-0.3, -0.25) is 9.05 Å². The Morgan fingerprint density at radius 1 is 0.500 bits per heavy atom. The molecular weight excluding hydrogens is 487 g/mol. The predicted octanol–water partition coefficient (Wildman–Crippen LogP) is 9.41. The van der Waals surface area contributed by atoms with Crippen LogP contribution in [0.3, 0.4) is 0 Å². The Bertz CT molecular complexity index is 1170. The van der Waals surface area contributed by atoms with Gasteiger partial charge in [-0.1, -0.05) is 126 Å². The summed E-state index contributed by atoms with van der Waals surface area (Å²) in [7, 11) is -3.57. The third-order valence-corrected chi connectivity index (χ3v) is 8.67. The van der Waals surface area contributed by atoms with Gasteiger partial charge in [-0.25, -0.2) is 0 Å². The molecule has 0 unspecified atom stereocenters. The van der Waals surface area contributed by atoms with Crippen LogP contribution in [0, 0.1) is 0 Å². The summed E-state index contributed by atoms with van der Waals surface area (Å²) in [5.74, 6) is 1.29. The molecule has 38 heavy (non-hydrogen) atoms. The van der Waals surface area contributed by atoms with Crippen LogP contribution in [0.5, 0.6) is 11.5 Å². The molecule has 0 aliphatic rings. The second-order valence-corrected chi connectivity index (χ2v) is 16.4. The lowest BCUT2D eigenvalue weighted by atomic mass is 9.80. The first-order valence-corrected chi connectivity index (χ1v) is 15.2. The summed E-state index contributed by atoms with van der Waals surface area (Å²) < 4.78 is 13.3. The summed E-state index contributed by atoms with van der Waals surface area (Å²) in [4.78, 5) is 12.3. The zero-order valence-corrected chi connectivity index (χ0v) is 26.5. The molecule has 0 heterocycles. The van der Waals surface area contributed by atoms with Crippen LogP contribution in [0.4, 0.5) is 0 Å². The highest BCUT2D eigenvalue weighted by Crippen LogP contribution is 2.57. The van der Waals surface area contributed by atoms with E-state index in [1.54, 1.807) is 0 Å². The van der Waals surface area contributed by atoms with Gasteiger partial charge in [0.25, 0.3) is 0 Å². The quantitative estimate of drug-likeness (QED) is 0.331. The van der Waals surface area contributed by atoms with E-state index in [1.807, 2.05) is 42.5 Å². The molecule has 0 aliphatic carbocycles. The number of benzene rings is 3. The van der Waals surface area contributed by atoms with Crippen molar-refractivity contribution in [2.75, 3.05) is 0 Å². The van der Waals surface area contributed by atoms with Crippen molar-refractivity contribution in [3.63, 3.8) is 0 Å². The van der Waals surface area contributed by atoms with Gasteiger partial charge in [0.05, 0.1) is 0 Å². The molecule has 0 radical (unpaired) electrons. The third kappa shape index (κ3) is 6.99. The van der Waals surface area contributed by atoms with Crippen LogP contribution in [0.2, 0.25) is 0 Å². The second kappa shape index (κ2) is 10.3. The van der Waals surface area contributed by atoms with Crippen molar-refractivity contribution in [3.8, 4) is 11.5 Å². The van der Waals surface area contributed by atoms with Gasteiger partial charge in [0.2, 0.25) is 5.30 Å². The maximum Gasteiger partial charge on any atom is 0.533 e. The van der Waals surface area contributed by atoms with Gasteiger partial charge < -0.3 is 0 Å². The minimum Gasteiger partial charge on any atom is -0.273 e. The first-order chi connectivity index (χ1) is 17.2. The lowest BCUT2D eigenvalue weighted by molar-refractivity contribution is 0.352. The summed E-state index contributed by atoms with van der Waals surface area (Å²) in [5.41, 5.74) is 4.15. The van der Waals surface area contributed by atoms with Crippen LogP contribution in [0.1, 0.15) is 105 Å². The molecule has 3 rings (SSSR count). The largest absolute Gasteiger partial charge is 0.533 e. The first-order valence-electron chi connectivity index (χ1n) is 13.6. The van der Waals surface area contributed by atoms with Crippen LogP contribution in [-0.4, -0.2) is 4.89 Å². The molecule has 0 amide bonds. The highest BCUT2D eigenvalue weighted by atomic mass is 31.2. The van der Waals surface area contributed by atoms with E-state index in [1.165, 1.54) is 11.1 Å². The molecule has 0 saturated heterocycles. The van der Waals surface area contributed by atoms with Crippen LogP contribution in [0.25, 0.3) is 0 Å². The fourth-order valence-electron chi connectivity index (χ4n) is 4.33. The van der Waals surface area contributed by atoms with Gasteiger partial charge in [0, 0.05) is 11.1 Å². The molecule has 3 nitrogen and oxygen atoms in total. The molecule has 0 aromatic heterocycles. The molecule has 3 aromatic rings. The van der Waals surface area contributed by atoms with Crippen molar-refractivity contribution in [1.29, 1.82) is 0 Å². The van der Waals surface area contributed by atoms with E-state index >= 15 is 0 Å². The minimum absolute atomic E-state index is 0.00365. The van der Waals surface area contributed by atoms with Crippen LogP contribution in [-0.2, 0) is 21.7 Å². The number of rotatable bonds is 5. The van der Waals surface area contributed by atoms with Gasteiger partial charge in [-0.15, -0.1) is 0 Å². The predicted molar refractivity (Wildman–Crippen MR) is 164 cm³/mol. The summed E-state index contributed by atoms with van der Waals surface area (Å²) in [5, 5.41) is 0.638. The van der Waals surface area contributed by atoms with E-state index in [4.69, 9.17) is 9.05 Å². The van der Waals surface area contributed by atoms with E-state index in [0.29, 0.717) is 16.8 Å². The maximum atomic E-state index is 12.3. The standard InChI is InChI=1S/C34H48O3P/c1-31(2,3)24-18-20-29(27(22-24)33(7,8)9)36-38(35,26-16-14-13-15-17-26)37-30-21-19-25(32(4,5)6)23-28(30)34(10,11)12/h13-23,35H,1-12H3/q+1. The Labute approximate surface area is 232 Å². The van der Waals surface area contributed by atoms with Crippen molar-refractivity contribution in [2.24, 2.45) is 0 Å². The topological polar surface area (TPSA) is 38.7 Å². The SMILES string of the molecule is CC(C)(C)c1ccc(O[P+](O)(Oc2ccc(C(C)(C)C)cc2C(C)(C)C)c2ccccc2)c(C(C)(C)C)c1. The molecule has 0 fully saturated rings. The summed E-state index contributed by atoms with van der Waals surface area (Å²) in [6.45, 7) is 26.3. The van der Waals surface area contributed by atoms with E-state index in [-0.39, 0.29) is 21.7 Å². The normalized spacial score (nSPS) is 13.4. The van der Waals surface area contributed by atoms with Crippen LogP contribution in [0.15, 0.2) is 66.7 Å². The fourth-order valence-corrected chi connectivity index (χ4v) is 5.98. The van der Waals surface area contributed by atoms with Crippen molar-refractivity contribution >= 4 is 13.2 Å². The van der Waals surface area contributed by atoms with Gasteiger partial charge in [-0.2, -0.15) is 4.89 Å². The van der Waals surface area contributed by atoms with Crippen molar-refractivity contribution in [2.45, 2.75) is 105 Å². The average Bonchev–Trinajstić information content (AvgIpc) is 2.77. The monoisotopic (exact) mass is 535 g/mol. The van der Waals surface area contributed by atoms with Crippen LogP contribution >= 0.6 is 7.94 Å². The van der Waals surface area contributed by atoms with Gasteiger partial charge in [0.15, 0.2) is 11.5 Å². The summed E-state index contributed by atoms with van der Waals surface area (Å²) in [6, 6.07) is 22.1. The molecular formula is C34H48O3P+. The zero-order valence-electron chi connectivity index (χ0n) is 25.6. The van der Waals surface area contributed by atoms with Crippen molar-refractivity contribution in [1.82, 2.24) is 0 Å². The maximum absolute atomic E-state index is 12.3. The van der Waals surface area contributed by atoms with E-state index < -0.39 is 7.94 Å². The minimum atomic E-state index is -3.57. The molecule has 0 aliphatic heterocycles. The number of hydrogen-bond acceptors (Lipinski definition) is 3. The lowest BCUT2D eigenvalue weighted by Crippen LogP contribution is -2.25. The molecule has 4 heteroatoms. The molecule has 206 valence electrons. The molecule has 0 spiro atoms. The van der Waals surface area contributed by atoms with Crippen LogP contribution < -0.4 is 14.4 Å². The Balaban J connectivity index is 2.19. The molecule has 3 aromatic carbocycles. The summed E-state index contributed by atoms with van der Waals surface area (Å²) >= 11 is 0. The smallest absolute Gasteiger partial charge is 0.273 e. The Kier molecular flexibility index (Phi) is 8.20. The second-order valence-electron chi connectivity index (χ2n) is 14.5. The highest BCUT2D eigenvalue weighted by Gasteiger charge is 2.49. The zero-order chi connectivity index (χ0) is 28.7. The molecule has 1 N–H and O–H groups in total. The van der Waals surface area contributed by atoms with Crippen molar-refractivity contribution < 1.29 is 13.9 Å². The molecule has 0 saturated carbocycles. The Hall–Kier alpha value is -2.35.